The summed E-state index contributed by atoms with van der Waals surface area (Å²) < 4.78 is 7.99. The van der Waals surface area contributed by atoms with Gasteiger partial charge >= 0.3 is 0 Å². The Morgan fingerprint density at radius 3 is 2.84 bits per heavy atom. The first-order valence-corrected chi connectivity index (χ1v) is 6.68. The van der Waals surface area contributed by atoms with Gasteiger partial charge < -0.3 is 4.74 Å². The van der Waals surface area contributed by atoms with E-state index >= 15 is 0 Å². The van der Waals surface area contributed by atoms with E-state index in [4.69, 9.17) is 4.74 Å². The second-order valence-corrected chi connectivity index (χ2v) is 5.02. The zero-order valence-corrected chi connectivity index (χ0v) is 12.0. The molecule has 4 nitrogen and oxygen atoms in total. The molecule has 1 aromatic carbocycles. The van der Waals surface area contributed by atoms with Crippen molar-refractivity contribution in [2.24, 2.45) is 0 Å². The normalized spacial score (nSPS) is 10.8. The lowest BCUT2D eigenvalue weighted by Crippen LogP contribution is -1.93. The number of methoxy groups -OCH3 is 1. The molecule has 0 saturated heterocycles. The number of hydrogen-bond donors (Lipinski definition) is 0. The van der Waals surface area contributed by atoms with Gasteiger partial charge in [0.1, 0.15) is 5.75 Å². The predicted molar refractivity (Wildman–Crippen MR) is 76.5 cm³/mol. The Bertz CT molecular complexity index is 724. The fourth-order valence-corrected chi connectivity index (χ4v) is 2.34. The Morgan fingerprint density at radius 2 is 2.05 bits per heavy atom. The molecule has 0 aliphatic carbocycles. The lowest BCUT2D eigenvalue weighted by atomic mass is 10.1. The third-order valence-corrected chi connectivity index (χ3v) is 3.66. The third-order valence-electron chi connectivity index (χ3n) is 2.89. The fraction of sp³-hybridized carbons (Fsp3) is 0.143. The molecule has 0 aliphatic heterocycles. The first-order chi connectivity index (χ1) is 9.26. The number of benzene rings is 1. The predicted octanol–water partition coefficient (Wildman–Crippen LogP) is 3.09. The van der Waals surface area contributed by atoms with E-state index in [-0.39, 0.29) is 0 Å². The van der Waals surface area contributed by atoms with Crippen LogP contribution in [0.5, 0.6) is 5.75 Å². The van der Waals surface area contributed by atoms with Crippen molar-refractivity contribution in [3.63, 3.8) is 0 Å². The van der Waals surface area contributed by atoms with Crippen molar-refractivity contribution in [3.05, 3.63) is 58.5 Å². The quantitative estimate of drug-likeness (QED) is 0.745. The van der Waals surface area contributed by atoms with Crippen LogP contribution in [0.1, 0.15) is 11.4 Å². The van der Waals surface area contributed by atoms with Gasteiger partial charge in [0.25, 0.3) is 0 Å². The second kappa shape index (κ2) is 5.01. The van der Waals surface area contributed by atoms with Crippen LogP contribution in [-0.4, -0.2) is 21.7 Å². The van der Waals surface area contributed by atoms with Gasteiger partial charge in [-0.1, -0.05) is 34.1 Å². The van der Waals surface area contributed by atoms with Crippen molar-refractivity contribution in [3.8, 4) is 5.75 Å². The monoisotopic (exact) mass is 317 g/mol. The molecule has 3 rings (SSSR count). The molecular weight excluding hydrogens is 306 g/mol. The van der Waals surface area contributed by atoms with Crippen molar-refractivity contribution in [1.82, 2.24) is 14.6 Å². The number of pyridine rings is 1. The van der Waals surface area contributed by atoms with Gasteiger partial charge in [-0.3, -0.25) is 0 Å². The first-order valence-electron chi connectivity index (χ1n) is 5.89. The zero-order valence-electron chi connectivity index (χ0n) is 10.4. The smallest absolute Gasteiger partial charge is 0.156 e. The van der Waals surface area contributed by atoms with Gasteiger partial charge in [-0.25, -0.2) is 9.50 Å². The van der Waals surface area contributed by atoms with Gasteiger partial charge in [0.2, 0.25) is 0 Å². The molecule has 0 fully saturated rings. The largest absolute Gasteiger partial charge is 0.495 e. The lowest BCUT2D eigenvalue weighted by Gasteiger charge is -1.99. The van der Waals surface area contributed by atoms with Crippen LogP contribution < -0.4 is 4.74 Å². The number of hydrogen-bond acceptors (Lipinski definition) is 3. The topological polar surface area (TPSA) is 39.4 Å². The molecule has 0 unspecified atom stereocenters. The molecule has 3 aromatic rings. The van der Waals surface area contributed by atoms with Crippen molar-refractivity contribution in [2.45, 2.75) is 6.42 Å². The van der Waals surface area contributed by atoms with E-state index in [9.17, 15) is 0 Å². The standard InChI is InChI=1S/C14H12BrN3O/c1-19-11-6-7-14-16-13(17-18(14)9-11)8-10-4-2-3-5-12(10)15/h2-7,9H,8H2,1H3. The molecule has 0 atom stereocenters. The number of ether oxygens (including phenoxy) is 1. The molecule has 0 amide bonds. The van der Waals surface area contributed by atoms with E-state index in [2.05, 4.69) is 32.1 Å². The summed E-state index contributed by atoms with van der Waals surface area (Å²) >= 11 is 3.54. The van der Waals surface area contributed by atoms with Crippen LogP contribution in [0.15, 0.2) is 47.1 Å². The van der Waals surface area contributed by atoms with Crippen LogP contribution in [0.4, 0.5) is 0 Å². The average molecular weight is 318 g/mol. The fourth-order valence-electron chi connectivity index (χ4n) is 1.92. The third kappa shape index (κ3) is 2.46. The lowest BCUT2D eigenvalue weighted by molar-refractivity contribution is 0.411. The van der Waals surface area contributed by atoms with Crippen molar-refractivity contribution < 1.29 is 4.74 Å². The minimum absolute atomic E-state index is 0.700. The molecule has 0 saturated carbocycles. The van der Waals surface area contributed by atoms with Crippen molar-refractivity contribution >= 4 is 21.6 Å². The summed E-state index contributed by atoms with van der Waals surface area (Å²) in [5, 5.41) is 4.46. The maximum atomic E-state index is 5.17. The number of rotatable bonds is 3. The van der Waals surface area contributed by atoms with Crippen molar-refractivity contribution in [1.29, 1.82) is 0 Å². The second-order valence-electron chi connectivity index (χ2n) is 4.17. The highest BCUT2D eigenvalue weighted by molar-refractivity contribution is 9.10. The Balaban J connectivity index is 1.95. The SMILES string of the molecule is COc1ccc2nc(Cc3ccccc3Br)nn2c1. The maximum absolute atomic E-state index is 5.17. The average Bonchev–Trinajstić information content (AvgIpc) is 2.82. The van der Waals surface area contributed by atoms with E-state index in [1.807, 2.05) is 36.5 Å². The highest BCUT2D eigenvalue weighted by Gasteiger charge is 2.07. The van der Waals surface area contributed by atoms with Gasteiger partial charge in [-0.2, -0.15) is 5.10 Å². The van der Waals surface area contributed by atoms with E-state index in [0.29, 0.717) is 6.42 Å². The molecule has 0 aliphatic rings. The number of halogens is 1. The molecule has 2 heterocycles. The van der Waals surface area contributed by atoms with Gasteiger partial charge in [-0.15, -0.1) is 0 Å². The molecule has 2 aromatic heterocycles. The summed E-state index contributed by atoms with van der Waals surface area (Å²) in [6, 6.07) is 11.9. The summed E-state index contributed by atoms with van der Waals surface area (Å²) in [5.74, 6) is 1.56. The summed E-state index contributed by atoms with van der Waals surface area (Å²) in [6.07, 6.45) is 2.53. The van der Waals surface area contributed by atoms with E-state index in [1.165, 1.54) is 5.56 Å². The van der Waals surface area contributed by atoms with Crippen LogP contribution in [-0.2, 0) is 6.42 Å². The highest BCUT2D eigenvalue weighted by Crippen LogP contribution is 2.19. The molecular formula is C14H12BrN3O. The Kier molecular flexibility index (Phi) is 3.21. The van der Waals surface area contributed by atoms with Crippen molar-refractivity contribution in [2.75, 3.05) is 7.11 Å². The maximum Gasteiger partial charge on any atom is 0.156 e. The first kappa shape index (κ1) is 12.2. The Labute approximate surface area is 119 Å². The van der Waals surface area contributed by atoms with Crippen LogP contribution in [0.2, 0.25) is 0 Å². The van der Waals surface area contributed by atoms with E-state index in [0.717, 1.165) is 21.7 Å². The molecule has 19 heavy (non-hydrogen) atoms. The zero-order chi connectivity index (χ0) is 13.2. The number of aromatic nitrogens is 3. The van der Waals surface area contributed by atoms with Gasteiger partial charge in [0.05, 0.1) is 13.3 Å². The Hall–Kier alpha value is -1.88. The molecule has 0 N–H and O–H groups in total. The van der Waals surface area contributed by atoms with Gasteiger partial charge in [0.15, 0.2) is 11.5 Å². The molecule has 0 bridgehead atoms. The highest BCUT2D eigenvalue weighted by atomic mass is 79.9. The van der Waals surface area contributed by atoms with Crippen LogP contribution in [0, 0.1) is 0 Å². The van der Waals surface area contributed by atoms with Crippen LogP contribution in [0.3, 0.4) is 0 Å². The van der Waals surface area contributed by atoms with Crippen LogP contribution in [0.25, 0.3) is 5.65 Å². The van der Waals surface area contributed by atoms with Gasteiger partial charge in [-0.05, 0) is 23.8 Å². The van der Waals surface area contributed by atoms with E-state index in [1.54, 1.807) is 11.6 Å². The summed E-state index contributed by atoms with van der Waals surface area (Å²) in [6.45, 7) is 0. The summed E-state index contributed by atoms with van der Waals surface area (Å²) in [5.41, 5.74) is 1.99. The number of nitrogens with zero attached hydrogens (tertiary/aromatic N) is 3. The summed E-state index contributed by atoms with van der Waals surface area (Å²) in [7, 11) is 1.64. The van der Waals surface area contributed by atoms with Gasteiger partial charge in [0, 0.05) is 10.9 Å². The molecule has 5 heteroatoms. The Morgan fingerprint density at radius 1 is 1.21 bits per heavy atom. The molecule has 0 spiro atoms. The molecule has 96 valence electrons. The minimum atomic E-state index is 0.700. The van der Waals surface area contributed by atoms with Crippen LogP contribution >= 0.6 is 15.9 Å². The number of fused-ring (bicyclic) bond motifs is 1. The summed E-state index contributed by atoms with van der Waals surface area (Å²) in [4.78, 5) is 4.50. The van der Waals surface area contributed by atoms with E-state index < -0.39 is 0 Å². The minimum Gasteiger partial charge on any atom is -0.495 e. The molecule has 0 radical (unpaired) electrons.